The van der Waals surface area contributed by atoms with Crippen molar-refractivity contribution in [3.63, 3.8) is 0 Å². The molecule has 2 rings (SSSR count). The minimum absolute atomic E-state index is 0.0127. The summed E-state index contributed by atoms with van der Waals surface area (Å²) in [5, 5.41) is 3.56. The fraction of sp³-hybridized carbons (Fsp3) is 0.294. The third-order valence-corrected chi connectivity index (χ3v) is 3.58. The number of nitrogens with zero attached hydrogens (tertiary/aromatic N) is 2. The zero-order valence-corrected chi connectivity index (χ0v) is 13.6. The maximum atomic E-state index is 12.1. The number of hydrogen-bond donors (Lipinski definition) is 1. The lowest BCUT2D eigenvalue weighted by Gasteiger charge is -2.19. The molecule has 1 N–H and O–H groups in total. The normalized spacial score (nSPS) is 10.3. The summed E-state index contributed by atoms with van der Waals surface area (Å²) in [7, 11) is 3.80. The van der Waals surface area contributed by atoms with Gasteiger partial charge in [-0.25, -0.2) is 0 Å². The van der Waals surface area contributed by atoms with Crippen LogP contribution < -0.4 is 10.2 Å². The number of aromatic nitrogens is 1. The van der Waals surface area contributed by atoms with Crippen LogP contribution in [0, 0.1) is 0 Å². The number of nitrogens with one attached hydrogen (secondary N) is 1. The van der Waals surface area contributed by atoms with Crippen molar-refractivity contribution < 1.29 is 4.79 Å². The van der Waals surface area contributed by atoms with E-state index in [0.29, 0.717) is 11.4 Å². The van der Waals surface area contributed by atoms with Crippen LogP contribution in [-0.2, 0) is 11.2 Å². The zero-order valence-electron chi connectivity index (χ0n) is 12.8. The Labute approximate surface area is 136 Å². The first-order valence-electron chi connectivity index (χ1n) is 7.23. The maximum Gasteiger partial charge on any atom is 0.224 e. The van der Waals surface area contributed by atoms with Gasteiger partial charge in [-0.05, 0) is 37.1 Å². The van der Waals surface area contributed by atoms with E-state index in [1.807, 2.05) is 55.4 Å². The summed E-state index contributed by atoms with van der Waals surface area (Å²) < 4.78 is 0. The van der Waals surface area contributed by atoms with Gasteiger partial charge in [-0.2, -0.15) is 0 Å². The summed E-state index contributed by atoms with van der Waals surface area (Å²) >= 11 is 6.19. The first-order valence-corrected chi connectivity index (χ1v) is 7.61. The highest BCUT2D eigenvalue weighted by molar-refractivity contribution is 6.34. The molecule has 2 aromatic rings. The van der Waals surface area contributed by atoms with E-state index in [4.69, 9.17) is 11.6 Å². The summed E-state index contributed by atoms with van der Waals surface area (Å²) in [6.45, 7) is 0. The summed E-state index contributed by atoms with van der Waals surface area (Å²) in [6, 6.07) is 11.3. The van der Waals surface area contributed by atoms with Crippen molar-refractivity contribution in [2.45, 2.75) is 19.3 Å². The van der Waals surface area contributed by atoms with Crippen molar-refractivity contribution in [1.29, 1.82) is 0 Å². The van der Waals surface area contributed by atoms with Gasteiger partial charge in [0.25, 0.3) is 0 Å². The van der Waals surface area contributed by atoms with Crippen LogP contribution in [0.2, 0.25) is 5.02 Å². The van der Waals surface area contributed by atoms with E-state index in [1.54, 1.807) is 6.20 Å². The quantitative estimate of drug-likeness (QED) is 0.882. The fourth-order valence-electron chi connectivity index (χ4n) is 2.26. The number of pyridine rings is 1. The van der Waals surface area contributed by atoms with E-state index in [1.165, 1.54) is 0 Å². The van der Waals surface area contributed by atoms with Crippen LogP contribution in [-0.4, -0.2) is 25.0 Å². The number of carbonyl (C=O) groups is 1. The molecule has 0 saturated carbocycles. The predicted molar refractivity (Wildman–Crippen MR) is 91.6 cm³/mol. The second-order valence-corrected chi connectivity index (χ2v) is 5.66. The van der Waals surface area contributed by atoms with Crippen LogP contribution in [0.1, 0.15) is 18.5 Å². The number of carbonyl (C=O) groups excluding carboxylic acids is 1. The maximum absolute atomic E-state index is 12.1. The monoisotopic (exact) mass is 317 g/mol. The van der Waals surface area contributed by atoms with Crippen molar-refractivity contribution in [2.24, 2.45) is 0 Å². The number of para-hydroxylation sites is 1. The number of anilines is 2. The van der Waals surface area contributed by atoms with Crippen LogP contribution in [0.5, 0.6) is 0 Å². The van der Waals surface area contributed by atoms with Crippen LogP contribution in [0.25, 0.3) is 0 Å². The molecular formula is C17H20ClN3O. The molecule has 1 heterocycles. The van der Waals surface area contributed by atoms with E-state index >= 15 is 0 Å². The van der Waals surface area contributed by atoms with Gasteiger partial charge in [-0.1, -0.05) is 23.7 Å². The highest BCUT2D eigenvalue weighted by Crippen LogP contribution is 2.32. The highest BCUT2D eigenvalue weighted by Gasteiger charge is 2.11. The average Bonchev–Trinajstić information content (AvgIpc) is 2.48. The molecule has 116 valence electrons. The lowest BCUT2D eigenvalue weighted by molar-refractivity contribution is -0.116. The number of halogens is 1. The molecule has 1 amide bonds. The third kappa shape index (κ3) is 4.46. The molecule has 0 unspecified atom stereocenters. The number of amides is 1. The second-order valence-electron chi connectivity index (χ2n) is 5.25. The Balaban J connectivity index is 1.91. The predicted octanol–water partition coefficient (Wildman–Crippen LogP) is 3.76. The molecule has 22 heavy (non-hydrogen) atoms. The standard InChI is InChI=1S/C17H20ClN3O/c1-21(2)17-14(18)9-6-10-15(17)20-16(22)11-5-8-13-7-3-4-12-19-13/h3-4,6-7,9-10,12H,5,8,11H2,1-2H3,(H,20,22). The van der Waals surface area contributed by atoms with Gasteiger partial charge in [-0.15, -0.1) is 0 Å². The van der Waals surface area contributed by atoms with Gasteiger partial charge >= 0.3 is 0 Å². The van der Waals surface area contributed by atoms with E-state index in [-0.39, 0.29) is 5.91 Å². The molecule has 1 aromatic carbocycles. The van der Waals surface area contributed by atoms with E-state index in [9.17, 15) is 4.79 Å². The fourth-order valence-corrected chi connectivity index (χ4v) is 2.60. The molecule has 0 spiro atoms. The van der Waals surface area contributed by atoms with Gasteiger partial charge in [0.2, 0.25) is 5.91 Å². The molecule has 0 aliphatic heterocycles. The average molecular weight is 318 g/mol. The number of benzene rings is 1. The third-order valence-electron chi connectivity index (χ3n) is 3.27. The van der Waals surface area contributed by atoms with Crippen molar-refractivity contribution in [2.75, 3.05) is 24.3 Å². The molecule has 5 heteroatoms. The Kier molecular flexibility index (Phi) is 5.78. The molecule has 0 radical (unpaired) electrons. The Morgan fingerprint density at radius 1 is 1.23 bits per heavy atom. The first-order chi connectivity index (χ1) is 10.6. The van der Waals surface area contributed by atoms with E-state index in [2.05, 4.69) is 10.3 Å². The highest BCUT2D eigenvalue weighted by atomic mass is 35.5. The Morgan fingerprint density at radius 2 is 2.05 bits per heavy atom. The smallest absolute Gasteiger partial charge is 0.224 e. The summed E-state index contributed by atoms with van der Waals surface area (Å²) in [4.78, 5) is 18.2. The van der Waals surface area contributed by atoms with Gasteiger partial charge < -0.3 is 10.2 Å². The summed E-state index contributed by atoms with van der Waals surface area (Å²) in [6.07, 6.45) is 3.78. The molecule has 0 saturated heterocycles. The number of hydrogen-bond acceptors (Lipinski definition) is 3. The van der Waals surface area contributed by atoms with Crippen molar-refractivity contribution in [3.05, 3.63) is 53.3 Å². The van der Waals surface area contributed by atoms with Gasteiger partial charge in [-0.3, -0.25) is 9.78 Å². The van der Waals surface area contributed by atoms with Crippen LogP contribution in [0.15, 0.2) is 42.6 Å². The van der Waals surface area contributed by atoms with Crippen molar-refractivity contribution in [1.82, 2.24) is 4.98 Å². The molecule has 0 atom stereocenters. The lowest BCUT2D eigenvalue weighted by atomic mass is 10.1. The number of rotatable bonds is 6. The molecule has 1 aromatic heterocycles. The van der Waals surface area contributed by atoms with Gasteiger partial charge in [0, 0.05) is 32.4 Å². The van der Waals surface area contributed by atoms with E-state index in [0.717, 1.165) is 29.9 Å². The summed E-state index contributed by atoms with van der Waals surface area (Å²) in [5.74, 6) is -0.0127. The SMILES string of the molecule is CN(C)c1c(Cl)cccc1NC(=O)CCCc1ccccn1. The molecule has 4 nitrogen and oxygen atoms in total. The molecule has 0 bridgehead atoms. The largest absolute Gasteiger partial charge is 0.375 e. The van der Waals surface area contributed by atoms with Crippen LogP contribution in [0.4, 0.5) is 11.4 Å². The molecule has 0 aliphatic rings. The number of aryl methyl sites for hydroxylation is 1. The Bertz CT molecular complexity index is 629. The van der Waals surface area contributed by atoms with Crippen LogP contribution in [0.3, 0.4) is 0 Å². The topological polar surface area (TPSA) is 45.2 Å². The first kappa shape index (κ1) is 16.3. The van der Waals surface area contributed by atoms with Crippen LogP contribution >= 0.6 is 11.6 Å². The van der Waals surface area contributed by atoms with Gasteiger partial charge in [0.15, 0.2) is 0 Å². The minimum atomic E-state index is -0.0127. The molecule has 0 aliphatic carbocycles. The van der Waals surface area contributed by atoms with Crippen molar-refractivity contribution in [3.8, 4) is 0 Å². The van der Waals surface area contributed by atoms with Crippen molar-refractivity contribution >= 4 is 28.9 Å². The zero-order chi connectivity index (χ0) is 15.9. The Morgan fingerprint density at radius 3 is 2.73 bits per heavy atom. The lowest BCUT2D eigenvalue weighted by Crippen LogP contribution is -2.17. The molecular weight excluding hydrogens is 298 g/mol. The Hall–Kier alpha value is -2.07. The molecule has 0 fully saturated rings. The summed E-state index contributed by atoms with van der Waals surface area (Å²) in [5.41, 5.74) is 2.56. The van der Waals surface area contributed by atoms with E-state index < -0.39 is 0 Å². The minimum Gasteiger partial charge on any atom is -0.375 e. The second kappa shape index (κ2) is 7.80. The van der Waals surface area contributed by atoms with Gasteiger partial charge in [0.1, 0.15) is 0 Å². The van der Waals surface area contributed by atoms with Gasteiger partial charge in [0.05, 0.1) is 16.4 Å².